The third-order valence-corrected chi connectivity index (χ3v) is 5.38. The summed E-state index contributed by atoms with van der Waals surface area (Å²) in [6.45, 7) is 2.30. The Kier molecular flexibility index (Phi) is 4.35. The van der Waals surface area contributed by atoms with Crippen molar-refractivity contribution in [3.8, 4) is 0 Å². The Labute approximate surface area is 115 Å². The van der Waals surface area contributed by atoms with Gasteiger partial charge in [-0.2, -0.15) is 0 Å². The zero-order valence-corrected chi connectivity index (χ0v) is 12.1. The summed E-state index contributed by atoms with van der Waals surface area (Å²) >= 11 is 1.14. The maximum absolute atomic E-state index is 12.0. The molecule has 0 unspecified atom stereocenters. The second-order valence-corrected chi connectivity index (χ2v) is 6.78. The number of nitrogens with two attached hydrogens (primary N) is 1. The van der Waals surface area contributed by atoms with E-state index >= 15 is 0 Å². The van der Waals surface area contributed by atoms with Gasteiger partial charge in [0.05, 0.1) is 12.7 Å². The molecule has 6 nitrogen and oxygen atoms in total. The van der Waals surface area contributed by atoms with Crippen LogP contribution in [-0.2, 0) is 29.5 Å². The minimum absolute atomic E-state index is 0.0399. The van der Waals surface area contributed by atoms with E-state index in [9.17, 15) is 8.42 Å². The maximum Gasteiger partial charge on any atom is 0.250 e. The molecule has 0 radical (unpaired) electrons. The van der Waals surface area contributed by atoms with Crippen molar-refractivity contribution in [1.29, 1.82) is 0 Å². The molecule has 3 N–H and O–H groups in total. The highest BCUT2D eigenvalue weighted by atomic mass is 32.2. The van der Waals surface area contributed by atoms with Gasteiger partial charge >= 0.3 is 0 Å². The van der Waals surface area contributed by atoms with Crippen molar-refractivity contribution in [2.45, 2.75) is 30.6 Å². The molecule has 0 saturated heterocycles. The van der Waals surface area contributed by atoms with Crippen LogP contribution < -0.4 is 10.5 Å². The van der Waals surface area contributed by atoms with Gasteiger partial charge in [-0.15, -0.1) is 11.3 Å². The van der Waals surface area contributed by atoms with Crippen molar-refractivity contribution in [3.05, 3.63) is 34.9 Å². The van der Waals surface area contributed by atoms with Gasteiger partial charge in [0.25, 0.3) is 10.0 Å². The fraction of sp³-hybridized carbons (Fsp3) is 0.364. The second-order valence-electron chi connectivity index (χ2n) is 3.88. The van der Waals surface area contributed by atoms with Crippen LogP contribution in [0.15, 0.2) is 26.3 Å². The zero-order chi connectivity index (χ0) is 13.9. The number of nitrogens with one attached hydrogen (secondary N) is 1. The van der Waals surface area contributed by atoms with Crippen molar-refractivity contribution in [2.75, 3.05) is 0 Å². The molecule has 19 heavy (non-hydrogen) atoms. The van der Waals surface area contributed by atoms with Gasteiger partial charge in [-0.3, -0.25) is 0 Å². The number of hydrogen-bond donors (Lipinski definition) is 2. The van der Waals surface area contributed by atoms with E-state index in [1.807, 2.05) is 6.92 Å². The predicted octanol–water partition coefficient (Wildman–Crippen LogP) is 1.24. The third-order valence-electron chi connectivity index (χ3n) is 2.49. The van der Waals surface area contributed by atoms with Gasteiger partial charge in [0.2, 0.25) is 5.89 Å². The van der Waals surface area contributed by atoms with Crippen LogP contribution in [0.1, 0.15) is 24.1 Å². The molecule has 0 amide bonds. The molecule has 0 aliphatic heterocycles. The number of oxazole rings is 1. The molecule has 0 spiro atoms. The SMILES string of the molecule is CCc1cnc(CNS(=O)(=O)c2cc(CN)cs2)o1. The zero-order valence-electron chi connectivity index (χ0n) is 10.4. The lowest BCUT2D eigenvalue weighted by Gasteiger charge is -2.01. The molecule has 2 heterocycles. The Morgan fingerprint density at radius 2 is 2.32 bits per heavy atom. The summed E-state index contributed by atoms with van der Waals surface area (Å²) in [4.78, 5) is 3.99. The van der Waals surface area contributed by atoms with Crippen LogP contribution in [0.25, 0.3) is 0 Å². The van der Waals surface area contributed by atoms with E-state index in [-0.39, 0.29) is 10.8 Å². The highest BCUT2D eigenvalue weighted by Crippen LogP contribution is 2.20. The average Bonchev–Trinajstić information content (AvgIpc) is 3.05. The van der Waals surface area contributed by atoms with Gasteiger partial charge in [-0.1, -0.05) is 6.92 Å². The first kappa shape index (κ1) is 14.2. The van der Waals surface area contributed by atoms with Crippen LogP contribution in [0.5, 0.6) is 0 Å². The van der Waals surface area contributed by atoms with Crippen LogP contribution in [0.3, 0.4) is 0 Å². The summed E-state index contributed by atoms with van der Waals surface area (Å²) in [5.74, 6) is 1.09. The minimum Gasteiger partial charge on any atom is -0.444 e. The Bertz CT molecular complexity index is 646. The molecule has 2 aromatic rings. The van der Waals surface area contributed by atoms with E-state index in [4.69, 9.17) is 10.2 Å². The second kappa shape index (κ2) is 5.83. The quantitative estimate of drug-likeness (QED) is 0.836. The number of hydrogen-bond acceptors (Lipinski definition) is 6. The van der Waals surface area contributed by atoms with Crippen molar-refractivity contribution in [3.63, 3.8) is 0 Å². The monoisotopic (exact) mass is 301 g/mol. The highest BCUT2D eigenvalue weighted by Gasteiger charge is 2.17. The molecule has 0 aliphatic carbocycles. The Balaban J connectivity index is 2.05. The summed E-state index contributed by atoms with van der Waals surface area (Å²) in [5.41, 5.74) is 6.26. The van der Waals surface area contributed by atoms with Gasteiger partial charge < -0.3 is 10.2 Å². The summed E-state index contributed by atoms with van der Waals surface area (Å²) < 4.78 is 32.0. The third kappa shape index (κ3) is 3.41. The van der Waals surface area contributed by atoms with E-state index in [1.165, 1.54) is 0 Å². The Morgan fingerprint density at radius 1 is 1.53 bits per heavy atom. The molecule has 0 bridgehead atoms. The number of aromatic nitrogens is 1. The minimum atomic E-state index is -3.53. The first-order valence-corrected chi connectivity index (χ1v) is 8.12. The normalized spacial score (nSPS) is 11.9. The molecular weight excluding hydrogens is 286 g/mol. The van der Waals surface area contributed by atoms with Crippen LogP contribution in [0, 0.1) is 0 Å². The van der Waals surface area contributed by atoms with Gasteiger partial charge in [-0.05, 0) is 17.0 Å². The van der Waals surface area contributed by atoms with E-state index in [0.29, 0.717) is 12.4 Å². The van der Waals surface area contributed by atoms with Crippen molar-refractivity contribution >= 4 is 21.4 Å². The largest absolute Gasteiger partial charge is 0.444 e. The lowest BCUT2D eigenvalue weighted by Crippen LogP contribution is -2.22. The molecule has 0 fully saturated rings. The summed E-state index contributed by atoms with van der Waals surface area (Å²) in [6, 6.07) is 1.57. The van der Waals surface area contributed by atoms with E-state index in [2.05, 4.69) is 9.71 Å². The topological polar surface area (TPSA) is 98.2 Å². The number of thiophene rings is 1. The van der Waals surface area contributed by atoms with Crippen LogP contribution in [0.4, 0.5) is 0 Å². The average molecular weight is 301 g/mol. The van der Waals surface area contributed by atoms with Crippen LogP contribution >= 0.6 is 11.3 Å². The van der Waals surface area contributed by atoms with E-state index in [1.54, 1.807) is 17.6 Å². The molecular formula is C11H15N3O3S2. The van der Waals surface area contributed by atoms with E-state index < -0.39 is 10.0 Å². The Morgan fingerprint density at radius 3 is 2.89 bits per heavy atom. The predicted molar refractivity (Wildman–Crippen MR) is 72.1 cm³/mol. The van der Waals surface area contributed by atoms with Gasteiger partial charge in [0.1, 0.15) is 9.97 Å². The molecule has 104 valence electrons. The van der Waals surface area contributed by atoms with Gasteiger partial charge in [0.15, 0.2) is 0 Å². The maximum atomic E-state index is 12.0. The van der Waals surface area contributed by atoms with Crippen LogP contribution in [-0.4, -0.2) is 13.4 Å². The lowest BCUT2D eigenvalue weighted by atomic mass is 10.4. The molecule has 2 aromatic heterocycles. The van der Waals surface area contributed by atoms with Crippen molar-refractivity contribution in [2.24, 2.45) is 5.73 Å². The number of sulfonamides is 1. The molecule has 0 saturated carbocycles. The lowest BCUT2D eigenvalue weighted by molar-refractivity contribution is 0.452. The summed E-state index contributed by atoms with van der Waals surface area (Å²) in [7, 11) is -3.53. The molecule has 8 heteroatoms. The number of nitrogens with zero attached hydrogens (tertiary/aromatic N) is 1. The molecule has 0 aliphatic rings. The smallest absolute Gasteiger partial charge is 0.250 e. The number of rotatable bonds is 6. The molecule has 0 atom stereocenters. The van der Waals surface area contributed by atoms with Gasteiger partial charge in [0, 0.05) is 13.0 Å². The van der Waals surface area contributed by atoms with E-state index in [0.717, 1.165) is 29.1 Å². The van der Waals surface area contributed by atoms with Crippen molar-refractivity contribution < 1.29 is 12.8 Å². The van der Waals surface area contributed by atoms with Crippen LogP contribution in [0.2, 0.25) is 0 Å². The van der Waals surface area contributed by atoms with Gasteiger partial charge in [-0.25, -0.2) is 18.1 Å². The number of aryl methyl sites for hydroxylation is 1. The standard InChI is InChI=1S/C11H15N3O3S2/c1-2-9-5-13-10(17-9)6-14-19(15,16)11-3-8(4-12)7-18-11/h3,5,7,14H,2,4,6,12H2,1H3. The fourth-order valence-corrected chi connectivity index (χ4v) is 3.66. The first-order chi connectivity index (χ1) is 9.05. The first-order valence-electron chi connectivity index (χ1n) is 5.76. The summed E-state index contributed by atoms with van der Waals surface area (Å²) in [5, 5.41) is 1.73. The fourth-order valence-electron chi connectivity index (χ4n) is 1.42. The van der Waals surface area contributed by atoms with Crippen molar-refractivity contribution in [1.82, 2.24) is 9.71 Å². The molecule has 0 aromatic carbocycles. The Hall–Kier alpha value is -1.22. The highest BCUT2D eigenvalue weighted by molar-refractivity contribution is 7.91. The molecule has 2 rings (SSSR count). The summed E-state index contributed by atoms with van der Waals surface area (Å²) in [6.07, 6.45) is 2.33.